The second-order valence-electron chi connectivity index (χ2n) is 6.93. The van der Waals surface area contributed by atoms with Gasteiger partial charge in [0.25, 0.3) is 5.91 Å². The van der Waals surface area contributed by atoms with E-state index in [1.54, 1.807) is 36.4 Å². The normalized spacial score (nSPS) is 10.6. The number of rotatable bonds is 11. The summed E-state index contributed by atoms with van der Waals surface area (Å²) in [5.41, 5.74) is 0.908. The molecule has 0 unspecified atom stereocenters. The molecule has 4 nitrogen and oxygen atoms in total. The van der Waals surface area contributed by atoms with E-state index in [1.165, 1.54) is 29.9 Å². The van der Waals surface area contributed by atoms with Gasteiger partial charge in [0, 0.05) is 25.2 Å². The monoisotopic (exact) mass is 418 g/mol. The Morgan fingerprint density at radius 1 is 1.00 bits per heavy atom. The fourth-order valence-corrected chi connectivity index (χ4v) is 3.25. The molecule has 2 amide bonds. The molecule has 0 heterocycles. The van der Waals surface area contributed by atoms with Gasteiger partial charge in [-0.25, -0.2) is 4.39 Å². The van der Waals surface area contributed by atoms with E-state index in [2.05, 4.69) is 12.2 Å². The molecule has 0 atom stereocenters. The number of amides is 2. The van der Waals surface area contributed by atoms with Crippen LogP contribution in [0.2, 0.25) is 5.02 Å². The number of carbonyl (C=O) groups excluding carboxylic acids is 2. The SMILES string of the molecule is CCCCCCCC(=O)NCCN(C(=O)c1ccccc1Cl)c1ccc(F)cc1. The molecular weight excluding hydrogens is 391 g/mol. The van der Waals surface area contributed by atoms with Crippen LogP contribution in [-0.4, -0.2) is 24.9 Å². The summed E-state index contributed by atoms with van der Waals surface area (Å²) in [5.74, 6) is -0.697. The Labute approximate surface area is 177 Å². The standard InChI is InChI=1S/C23H28ClFN2O2/c1-2-3-4-5-6-11-22(28)26-16-17-27(19-14-12-18(25)13-15-19)23(29)20-9-7-8-10-21(20)24/h7-10,12-15H,2-6,11,16-17H2,1H3,(H,26,28). The second kappa shape index (κ2) is 12.2. The van der Waals surface area contributed by atoms with Crippen molar-refractivity contribution in [2.45, 2.75) is 45.4 Å². The van der Waals surface area contributed by atoms with Gasteiger partial charge in [-0.3, -0.25) is 9.59 Å². The smallest absolute Gasteiger partial charge is 0.259 e. The van der Waals surface area contributed by atoms with Crippen molar-refractivity contribution in [3.05, 3.63) is 64.9 Å². The molecule has 156 valence electrons. The summed E-state index contributed by atoms with van der Waals surface area (Å²) in [7, 11) is 0. The lowest BCUT2D eigenvalue weighted by molar-refractivity contribution is -0.121. The summed E-state index contributed by atoms with van der Waals surface area (Å²) in [4.78, 5) is 26.6. The maximum atomic E-state index is 13.3. The number of nitrogens with one attached hydrogen (secondary N) is 1. The number of unbranched alkanes of at least 4 members (excludes halogenated alkanes) is 4. The molecule has 0 aliphatic rings. The number of anilines is 1. The number of hydrogen-bond donors (Lipinski definition) is 1. The van der Waals surface area contributed by atoms with Crippen LogP contribution in [0.5, 0.6) is 0 Å². The zero-order valence-electron chi connectivity index (χ0n) is 16.8. The molecular formula is C23H28ClFN2O2. The number of hydrogen-bond acceptors (Lipinski definition) is 2. The Bertz CT molecular complexity index is 796. The summed E-state index contributed by atoms with van der Waals surface area (Å²) in [5, 5.41) is 3.21. The van der Waals surface area contributed by atoms with Crippen molar-refractivity contribution in [2.75, 3.05) is 18.0 Å². The number of halogens is 2. The zero-order chi connectivity index (χ0) is 21.1. The largest absolute Gasteiger partial charge is 0.354 e. The molecule has 1 N–H and O–H groups in total. The lowest BCUT2D eigenvalue weighted by atomic mass is 10.1. The highest BCUT2D eigenvalue weighted by Gasteiger charge is 2.20. The maximum absolute atomic E-state index is 13.3. The van der Waals surface area contributed by atoms with E-state index in [4.69, 9.17) is 11.6 Å². The molecule has 2 aromatic carbocycles. The summed E-state index contributed by atoms with van der Waals surface area (Å²) in [6.45, 7) is 2.72. The highest BCUT2D eigenvalue weighted by atomic mass is 35.5. The Balaban J connectivity index is 1.98. The molecule has 0 saturated heterocycles. The maximum Gasteiger partial charge on any atom is 0.259 e. The van der Waals surface area contributed by atoms with Crippen molar-refractivity contribution in [3.63, 3.8) is 0 Å². The number of nitrogens with zero attached hydrogens (tertiary/aromatic N) is 1. The van der Waals surface area contributed by atoms with Crippen molar-refractivity contribution in [2.24, 2.45) is 0 Å². The van der Waals surface area contributed by atoms with Crippen molar-refractivity contribution >= 4 is 29.1 Å². The summed E-state index contributed by atoms with van der Waals surface area (Å²) in [6.07, 6.45) is 5.91. The highest BCUT2D eigenvalue weighted by molar-refractivity contribution is 6.34. The van der Waals surface area contributed by atoms with Crippen LogP contribution in [0.1, 0.15) is 55.8 Å². The third-order valence-corrected chi connectivity index (χ3v) is 4.98. The van der Waals surface area contributed by atoms with E-state index < -0.39 is 0 Å². The lowest BCUT2D eigenvalue weighted by Crippen LogP contribution is -2.38. The second-order valence-corrected chi connectivity index (χ2v) is 7.33. The molecule has 6 heteroatoms. The van der Waals surface area contributed by atoms with E-state index in [0.717, 1.165) is 19.3 Å². The molecule has 0 saturated carbocycles. The first-order valence-corrected chi connectivity index (χ1v) is 10.5. The van der Waals surface area contributed by atoms with E-state index in [0.29, 0.717) is 29.2 Å². The van der Waals surface area contributed by atoms with E-state index >= 15 is 0 Å². The molecule has 0 radical (unpaired) electrons. The quantitative estimate of drug-likeness (QED) is 0.482. The average Bonchev–Trinajstić information content (AvgIpc) is 2.72. The summed E-state index contributed by atoms with van der Waals surface area (Å²) >= 11 is 6.18. The first-order chi connectivity index (χ1) is 14.0. The molecule has 0 bridgehead atoms. The summed E-state index contributed by atoms with van der Waals surface area (Å²) < 4.78 is 13.3. The van der Waals surface area contributed by atoms with Crippen LogP contribution >= 0.6 is 11.6 Å². The first-order valence-electron chi connectivity index (χ1n) is 10.1. The molecule has 0 aliphatic carbocycles. The first kappa shape index (κ1) is 22.9. The van der Waals surface area contributed by atoms with Crippen molar-refractivity contribution in [3.8, 4) is 0 Å². The Morgan fingerprint density at radius 3 is 2.38 bits per heavy atom. The summed E-state index contributed by atoms with van der Waals surface area (Å²) in [6, 6.07) is 12.5. The number of carbonyl (C=O) groups is 2. The molecule has 0 spiro atoms. The van der Waals surface area contributed by atoms with Gasteiger partial charge in [0.15, 0.2) is 0 Å². The average molecular weight is 419 g/mol. The minimum atomic E-state index is -0.379. The minimum Gasteiger partial charge on any atom is -0.354 e. The molecule has 0 fully saturated rings. The van der Waals surface area contributed by atoms with Crippen LogP contribution in [-0.2, 0) is 4.79 Å². The van der Waals surface area contributed by atoms with Crippen molar-refractivity contribution in [1.29, 1.82) is 0 Å². The predicted molar refractivity (Wildman–Crippen MR) is 116 cm³/mol. The third-order valence-electron chi connectivity index (χ3n) is 4.65. The van der Waals surface area contributed by atoms with E-state index in [1.807, 2.05) is 0 Å². The van der Waals surface area contributed by atoms with Gasteiger partial charge in [0.05, 0.1) is 10.6 Å². The van der Waals surface area contributed by atoms with Crippen LogP contribution in [0.3, 0.4) is 0 Å². The van der Waals surface area contributed by atoms with Gasteiger partial charge in [-0.1, -0.05) is 56.3 Å². The molecule has 2 rings (SSSR count). The lowest BCUT2D eigenvalue weighted by Gasteiger charge is -2.23. The van der Waals surface area contributed by atoms with Crippen molar-refractivity contribution < 1.29 is 14.0 Å². The van der Waals surface area contributed by atoms with Crippen LogP contribution in [0.25, 0.3) is 0 Å². The third kappa shape index (κ3) is 7.50. The van der Waals surface area contributed by atoms with Gasteiger partial charge in [0.2, 0.25) is 5.91 Å². The zero-order valence-corrected chi connectivity index (χ0v) is 17.6. The molecule has 0 aliphatic heterocycles. The van der Waals surface area contributed by atoms with Gasteiger partial charge in [0.1, 0.15) is 5.82 Å². The minimum absolute atomic E-state index is 0.0225. The number of benzene rings is 2. The fraction of sp³-hybridized carbons (Fsp3) is 0.391. The predicted octanol–water partition coefficient (Wildman–Crippen LogP) is 5.60. The van der Waals surface area contributed by atoms with E-state index in [-0.39, 0.29) is 24.2 Å². The van der Waals surface area contributed by atoms with Gasteiger partial charge in [-0.05, 0) is 42.8 Å². The fourth-order valence-electron chi connectivity index (χ4n) is 3.03. The molecule has 2 aromatic rings. The highest BCUT2D eigenvalue weighted by Crippen LogP contribution is 2.22. The van der Waals surface area contributed by atoms with Crippen LogP contribution in [0.4, 0.5) is 10.1 Å². The van der Waals surface area contributed by atoms with Gasteiger partial charge in [-0.2, -0.15) is 0 Å². The topological polar surface area (TPSA) is 49.4 Å². The molecule has 29 heavy (non-hydrogen) atoms. The van der Waals surface area contributed by atoms with Crippen LogP contribution < -0.4 is 10.2 Å². The van der Waals surface area contributed by atoms with Gasteiger partial charge < -0.3 is 10.2 Å². The van der Waals surface area contributed by atoms with Gasteiger partial charge >= 0.3 is 0 Å². The van der Waals surface area contributed by atoms with Crippen LogP contribution in [0, 0.1) is 5.82 Å². The van der Waals surface area contributed by atoms with E-state index in [9.17, 15) is 14.0 Å². The van der Waals surface area contributed by atoms with Crippen LogP contribution in [0.15, 0.2) is 48.5 Å². The Hall–Kier alpha value is -2.40. The molecule has 0 aromatic heterocycles. The van der Waals surface area contributed by atoms with Gasteiger partial charge in [-0.15, -0.1) is 0 Å². The Kier molecular flexibility index (Phi) is 9.65. The Morgan fingerprint density at radius 2 is 1.69 bits per heavy atom. The van der Waals surface area contributed by atoms with Crippen molar-refractivity contribution in [1.82, 2.24) is 5.32 Å².